The van der Waals surface area contributed by atoms with E-state index in [1.54, 1.807) is 24.6 Å². The number of nitrogens with zero attached hydrogens (tertiary/aromatic N) is 3. The molecule has 3 nitrogen and oxygen atoms in total. The largest absolute Gasteiger partial charge is 0.287 e. The van der Waals surface area contributed by atoms with Crippen molar-refractivity contribution in [3.63, 3.8) is 0 Å². The van der Waals surface area contributed by atoms with Gasteiger partial charge < -0.3 is 0 Å². The highest BCUT2D eigenvalue weighted by atomic mass is 19.2. The Kier molecular flexibility index (Phi) is 8.93. The van der Waals surface area contributed by atoms with Crippen LogP contribution in [-0.4, -0.2) is 25.7 Å². The van der Waals surface area contributed by atoms with Gasteiger partial charge in [0, 0.05) is 18.6 Å². The molecular weight excluding hydrogens is 320 g/mol. The molecule has 1 aromatic rings. The summed E-state index contributed by atoms with van der Waals surface area (Å²) in [5, 5.41) is 0. The third-order valence-corrected chi connectivity index (χ3v) is 3.50. The van der Waals surface area contributed by atoms with Gasteiger partial charge >= 0.3 is 0 Å². The van der Waals surface area contributed by atoms with E-state index in [0.29, 0.717) is 18.7 Å². The average molecular weight is 343 g/mol. The maximum absolute atomic E-state index is 13.4. The molecule has 0 spiro atoms. The first-order valence-electron chi connectivity index (χ1n) is 7.90. The van der Waals surface area contributed by atoms with Gasteiger partial charge in [0.2, 0.25) is 0 Å². The molecule has 5 heteroatoms. The third kappa shape index (κ3) is 7.61. The van der Waals surface area contributed by atoms with Crippen LogP contribution in [0.25, 0.3) is 0 Å². The van der Waals surface area contributed by atoms with Crippen LogP contribution in [0.4, 0.5) is 8.78 Å². The maximum atomic E-state index is 13.4. The quantitative estimate of drug-likeness (QED) is 0.548. The van der Waals surface area contributed by atoms with Gasteiger partial charge in [-0.15, -0.1) is 0 Å². The van der Waals surface area contributed by atoms with Gasteiger partial charge in [0.15, 0.2) is 11.6 Å². The van der Waals surface area contributed by atoms with Crippen molar-refractivity contribution >= 4 is 19.1 Å². The number of hydrogen-bond donors (Lipinski definition) is 0. The summed E-state index contributed by atoms with van der Waals surface area (Å²) in [6.45, 7) is 11.4. The van der Waals surface area contributed by atoms with Crippen molar-refractivity contribution in [1.82, 2.24) is 0 Å². The molecule has 132 valence electrons. The Morgan fingerprint density at radius 2 is 2.04 bits per heavy atom. The first-order chi connectivity index (χ1) is 12.0. The normalized spacial score (nSPS) is 13.8. The molecule has 0 saturated heterocycles. The maximum Gasteiger partial charge on any atom is 0.159 e. The van der Waals surface area contributed by atoms with Gasteiger partial charge in [0.05, 0.1) is 12.2 Å². The standard InChI is InChI=1S/C20H23F2N3/c1-5-17(14-25-16(3)13-24-10-6-9-23-4)11-15(2)18-7-8-19(21)20(22)12-18/h5-10,12,14-15H,3-4,11,13H2,1-2H3/b9-6-,17-5-,24-10-,25-14-. The van der Waals surface area contributed by atoms with E-state index in [1.165, 1.54) is 12.3 Å². The molecule has 0 N–H and O–H groups in total. The first kappa shape index (κ1) is 20.4. The molecule has 25 heavy (non-hydrogen) atoms. The van der Waals surface area contributed by atoms with Crippen LogP contribution in [0.3, 0.4) is 0 Å². The molecule has 0 fully saturated rings. The van der Waals surface area contributed by atoms with Gasteiger partial charge in [-0.3, -0.25) is 15.0 Å². The Bertz CT molecular complexity index is 716. The fourth-order valence-electron chi connectivity index (χ4n) is 2.07. The minimum Gasteiger partial charge on any atom is -0.287 e. The summed E-state index contributed by atoms with van der Waals surface area (Å²) < 4.78 is 26.4. The zero-order valence-electron chi connectivity index (χ0n) is 14.6. The topological polar surface area (TPSA) is 37.1 Å². The number of rotatable bonds is 9. The molecule has 0 aliphatic rings. The van der Waals surface area contributed by atoms with Gasteiger partial charge in [-0.25, -0.2) is 8.78 Å². The number of allylic oxidation sites excluding steroid dienone is 3. The zero-order valence-corrected chi connectivity index (χ0v) is 14.6. The molecule has 1 unspecified atom stereocenters. The predicted molar refractivity (Wildman–Crippen MR) is 103 cm³/mol. The second-order valence-electron chi connectivity index (χ2n) is 5.48. The lowest BCUT2D eigenvalue weighted by molar-refractivity contribution is 0.505. The summed E-state index contributed by atoms with van der Waals surface area (Å²) >= 11 is 0. The molecule has 0 saturated carbocycles. The van der Waals surface area contributed by atoms with Crippen LogP contribution < -0.4 is 0 Å². The summed E-state index contributed by atoms with van der Waals surface area (Å²) in [5.41, 5.74) is 2.35. The lowest BCUT2D eigenvalue weighted by Gasteiger charge is -2.12. The Morgan fingerprint density at radius 1 is 1.28 bits per heavy atom. The minimum atomic E-state index is -0.834. The van der Waals surface area contributed by atoms with Crippen LogP contribution in [0.5, 0.6) is 0 Å². The molecule has 0 amide bonds. The van der Waals surface area contributed by atoms with Crippen LogP contribution in [0.2, 0.25) is 0 Å². The number of benzene rings is 1. The number of halogens is 2. The highest BCUT2D eigenvalue weighted by Gasteiger charge is 2.10. The van der Waals surface area contributed by atoms with Gasteiger partial charge in [-0.1, -0.05) is 25.6 Å². The van der Waals surface area contributed by atoms with E-state index < -0.39 is 11.6 Å². The highest BCUT2D eigenvalue weighted by molar-refractivity contribution is 5.79. The van der Waals surface area contributed by atoms with Crippen LogP contribution in [0.15, 0.2) is 69.4 Å². The van der Waals surface area contributed by atoms with Crippen molar-refractivity contribution in [3.8, 4) is 0 Å². The Labute approximate surface area is 147 Å². The Morgan fingerprint density at radius 3 is 2.68 bits per heavy atom. The van der Waals surface area contributed by atoms with Crippen molar-refractivity contribution in [2.75, 3.05) is 6.54 Å². The molecule has 1 atom stereocenters. The molecule has 0 radical (unpaired) electrons. The second-order valence-corrected chi connectivity index (χ2v) is 5.48. The van der Waals surface area contributed by atoms with E-state index in [-0.39, 0.29) is 5.92 Å². The van der Waals surface area contributed by atoms with E-state index in [9.17, 15) is 8.78 Å². The fourth-order valence-corrected chi connectivity index (χ4v) is 2.07. The molecule has 0 bridgehead atoms. The number of aliphatic imine (C=N–C) groups is 3. The Hall–Kier alpha value is -2.69. The minimum absolute atomic E-state index is 0.0376. The first-order valence-corrected chi connectivity index (χ1v) is 7.90. The van der Waals surface area contributed by atoms with Crippen molar-refractivity contribution in [1.29, 1.82) is 0 Å². The van der Waals surface area contributed by atoms with Crippen molar-refractivity contribution in [2.45, 2.75) is 26.2 Å². The van der Waals surface area contributed by atoms with Crippen LogP contribution in [0, 0.1) is 11.6 Å². The van der Waals surface area contributed by atoms with Crippen LogP contribution in [-0.2, 0) is 0 Å². The van der Waals surface area contributed by atoms with Gasteiger partial charge in [-0.2, -0.15) is 0 Å². The molecule has 0 aliphatic heterocycles. The Balaban J connectivity index is 2.62. The smallest absolute Gasteiger partial charge is 0.159 e. The monoisotopic (exact) mass is 343 g/mol. The van der Waals surface area contributed by atoms with Gasteiger partial charge in [0.1, 0.15) is 0 Å². The number of hydrogen-bond acceptors (Lipinski definition) is 3. The molecule has 0 heterocycles. The highest BCUT2D eigenvalue weighted by Crippen LogP contribution is 2.24. The third-order valence-electron chi connectivity index (χ3n) is 3.50. The van der Waals surface area contributed by atoms with E-state index >= 15 is 0 Å². The lowest BCUT2D eigenvalue weighted by Crippen LogP contribution is -1.99. The second kappa shape index (κ2) is 11.0. The summed E-state index contributed by atoms with van der Waals surface area (Å²) in [4.78, 5) is 12.0. The van der Waals surface area contributed by atoms with Gasteiger partial charge in [-0.05, 0) is 55.3 Å². The van der Waals surface area contributed by atoms with Crippen LogP contribution in [0.1, 0.15) is 31.7 Å². The lowest BCUT2D eigenvalue weighted by atomic mass is 9.94. The van der Waals surface area contributed by atoms with Crippen molar-refractivity contribution in [2.24, 2.45) is 15.0 Å². The summed E-state index contributed by atoms with van der Waals surface area (Å²) in [7, 11) is 0. The van der Waals surface area contributed by atoms with Crippen molar-refractivity contribution in [3.05, 3.63) is 71.6 Å². The van der Waals surface area contributed by atoms with E-state index in [4.69, 9.17) is 0 Å². The zero-order chi connectivity index (χ0) is 18.7. The van der Waals surface area contributed by atoms with Crippen LogP contribution >= 0.6 is 0 Å². The summed E-state index contributed by atoms with van der Waals surface area (Å²) in [5.74, 6) is -1.62. The van der Waals surface area contributed by atoms with E-state index in [1.807, 2.05) is 19.9 Å². The summed E-state index contributed by atoms with van der Waals surface area (Å²) in [6, 6.07) is 4.00. The van der Waals surface area contributed by atoms with E-state index in [0.717, 1.165) is 17.2 Å². The fraction of sp³-hybridized carbons (Fsp3) is 0.250. The van der Waals surface area contributed by atoms with E-state index in [2.05, 4.69) is 28.3 Å². The molecule has 0 aliphatic carbocycles. The van der Waals surface area contributed by atoms with Gasteiger partial charge in [0.25, 0.3) is 0 Å². The van der Waals surface area contributed by atoms with Crippen molar-refractivity contribution < 1.29 is 8.78 Å². The molecule has 1 aromatic carbocycles. The average Bonchev–Trinajstić information content (AvgIpc) is 2.60. The SMILES string of the molecule is C=N/C=C\C=N/CC(=C)/N=C\C(=C/C)CC(C)c1ccc(F)c(F)c1. The molecular formula is C20H23F2N3. The molecule has 1 rings (SSSR count). The molecule has 0 aromatic heterocycles. The summed E-state index contributed by atoms with van der Waals surface area (Å²) in [6.07, 6.45) is 9.15. The predicted octanol–water partition coefficient (Wildman–Crippen LogP) is 5.27.